The molecule has 2 aliphatic heterocycles. The molecule has 5 rings (SSSR count). The Kier molecular flexibility index (Phi) is 9.89. The van der Waals surface area contributed by atoms with Crippen LogP contribution in [0, 0.1) is 0 Å². The van der Waals surface area contributed by atoms with E-state index in [1.807, 2.05) is 0 Å². The molecule has 17 heteroatoms. The van der Waals surface area contributed by atoms with Crippen molar-refractivity contribution in [1.29, 1.82) is 0 Å². The fourth-order valence-corrected chi connectivity index (χ4v) is 5.28. The molecule has 2 aromatic carbocycles. The van der Waals surface area contributed by atoms with Gasteiger partial charge in [-0.05, 0) is 24.3 Å². The van der Waals surface area contributed by atoms with Crippen molar-refractivity contribution in [1.82, 2.24) is 0 Å². The molecule has 17 nitrogen and oxygen atoms in total. The molecular weight excluding hydrogens is 620 g/mol. The summed E-state index contributed by atoms with van der Waals surface area (Å²) in [4.78, 5) is 14.1. The first-order chi connectivity index (χ1) is 21.9. The monoisotopic (exact) mass is 654 g/mol. The average molecular weight is 655 g/mol. The minimum absolute atomic E-state index is 0.0208. The molecule has 252 valence electrons. The maximum atomic E-state index is 14.1. The first kappa shape index (κ1) is 33.6. The van der Waals surface area contributed by atoms with E-state index in [1.165, 1.54) is 44.6 Å². The second-order valence-corrected chi connectivity index (χ2v) is 10.6. The van der Waals surface area contributed by atoms with E-state index in [-0.39, 0.29) is 34.2 Å². The van der Waals surface area contributed by atoms with Gasteiger partial charge in [0.1, 0.15) is 59.4 Å². The molecule has 0 unspecified atom stereocenters. The Hall–Kier alpha value is -3.75. The van der Waals surface area contributed by atoms with Crippen LogP contribution < -0.4 is 19.6 Å². The van der Waals surface area contributed by atoms with Crippen LogP contribution in [0.15, 0.2) is 39.5 Å². The van der Waals surface area contributed by atoms with Gasteiger partial charge in [-0.3, -0.25) is 4.79 Å². The highest BCUT2D eigenvalue weighted by molar-refractivity contribution is 5.91. The SMILES string of the molecule is COc1cc2oc(-c3ccc(O)cc3)c(O[C@@H]3O[C@H](CO)[C@@H](O)[C@H](O)[C@H]3O[C@@H]3O[C@H](CO)[C@H](O)[C@H](O)[C@H]3O)c(=O)c2c(O)c1OC. The van der Waals surface area contributed by atoms with Gasteiger partial charge in [0, 0.05) is 11.6 Å². The van der Waals surface area contributed by atoms with Crippen molar-refractivity contribution in [3.63, 3.8) is 0 Å². The molecule has 0 amide bonds. The fraction of sp³-hybridized carbons (Fsp3) is 0.483. The van der Waals surface area contributed by atoms with Gasteiger partial charge < -0.3 is 78.8 Å². The van der Waals surface area contributed by atoms with Crippen molar-refractivity contribution in [3.05, 3.63) is 40.6 Å². The van der Waals surface area contributed by atoms with Crippen molar-refractivity contribution >= 4 is 11.0 Å². The molecule has 0 radical (unpaired) electrons. The lowest BCUT2D eigenvalue weighted by Gasteiger charge is -2.45. The summed E-state index contributed by atoms with van der Waals surface area (Å²) in [5, 5.41) is 92.4. The molecule has 0 bridgehead atoms. The minimum Gasteiger partial charge on any atom is -0.508 e. The van der Waals surface area contributed by atoms with E-state index in [9.17, 15) is 50.8 Å². The summed E-state index contributed by atoms with van der Waals surface area (Å²) in [6.45, 7) is -1.63. The maximum absolute atomic E-state index is 14.1. The molecule has 46 heavy (non-hydrogen) atoms. The first-order valence-corrected chi connectivity index (χ1v) is 13.9. The Bertz CT molecular complexity index is 1570. The van der Waals surface area contributed by atoms with Crippen LogP contribution in [0.1, 0.15) is 0 Å². The van der Waals surface area contributed by atoms with Crippen LogP contribution in [0.3, 0.4) is 0 Å². The number of phenolic OH excluding ortho intramolecular Hbond substituents is 2. The Morgan fingerprint density at radius 1 is 0.761 bits per heavy atom. The minimum atomic E-state index is -1.94. The van der Waals surface area contributed by atoms with Crippen LogP contribution >= 0.6 is 0 Å². The quantitative estimate of drug-likeness (QED) is 0.119. The second kappa shape index (κ2) is 13.5. The first-order valence-electron chi connectivity index (χ1n) is 13.9. The topological polar surface area (TPSA) is 268 Å². The number of fused-ring (bicyclic) bond motifs is 1. The maximum Gasteiger partial charge on any atom is 0.239 e. The smallest absolute Gasteiger partial charge is 0.239 e. The number of hydrogen-bond acceptors (Lipinski definition) is 17. The molecule has 10 atom stereocenters. The van der Waals surface area contributed by atoms with Gasteiger partial charge in [0.05, 0.1) is 27.4 Å². The van der Waals surface area contributed by atoms with Gasteiger partial charge in [-0.1, -0.05) is 0 Å². The lowest BCUT2D eigenvalue weighted by molar-refractivity contribution is -0.358. The highest BCUT2D eigenvalue weighted by Crippen LogP contribution is 2.44. The van der Waals surface area contributed by atoms with Gasteiger partial charge in [-0.15, -0.1) is 0 Å². The number of rotatable bonds is 9. The van der Waals surface area contributed by atoms with E-state index in [0.717, 1.165) is 0 Å². The summed E-state index contributed by atoms with van der Waals surface area (Å²) in [6, 6.07) is 6.63. The Morgan fingerprint density at radius 3 is 1.96 bits per heavy atom. The van der Waals surface area contributed by atoms with Crippen LogP contribution in [0.25, 0.3) is 22.3 Å². The molecular formula is C29H34O17. The van der Waals surface area contributed by atoms with Crippen molar-refractivity contribution < 1.29 is 78.8 Å². The van der Waals surface area contributed by atoms with E-state index in [1.54, 1.807) is 0 Å². The van der Waals surface area contributed by atoms with Gasteiger partial charge in [0.2, 0.25) is 23.2 Å². The number of aromatic hydroxyl groups is 2. The number of benzene rings is 2. The van der Waals surface area contributed by atoms with Gasteiger partial charge in [0.15, 0.2) is 29.7 Å². The number of hydrogen-bond donors (Lipinski definition) is 9. The summed E-state index contributed by atoms with van der Waals surface area (Å²) < 4.78 is 39.1. The number of ether oxygens (including phenoxy) is 6. The highest BCUT2D eigenvalue weighted by atomic mass is 16.8. The fourth-order valence-electron chi connectivity index (χ4n) is 5.28. The molecule has 0 spiro atoms. The normalized spacial score (nSPS) is 31.5. The summed E-state index contributed by atoms with van der Waals surface area (Å²) in [6.07, 6.45) is -17.7. The van der Waals surface area contributed by atoms with E-state index >= 15 is 0 Å². The molecule has 2 saturated heterocycles. The molecule has 3 heterocycles. The number of phenols is 2. The van der Waals surface area contributed by atoms with Crippen LogP contribution in [0.2, 0.25) is 0 Å². The van der Waals surface area contributed by atoms with Gasteiger partial charge in [-0.25, -0.2) is 0 Å². The number of methoxy groups -OCH3 is 2. The lowest BCUT2D eigenvalue weighted by atomic mass is 9.97. The third-order valence-electron chi connectivity index (χ3n) is 7.79. The second-order valence-electron chi connectivity index (χ2n) is 10.6. The van der Waals surface area contributed by atoms with Crippen molar-refractivity contribution in [2.24, 2.45) is 0 Å². The predicted molar refractivity (Wildman–Crippen MR) is 151 cm³/mol. The zero-order valence-corrected chi connectivity index (χ0v) is 24.4. The van der Waals surface area contributed by atoms with Crippen molar-refractivity contribution in [2.75, 3.05) is 27.4 Å². The number of aliphatic hydroxyl groups is 7. The van der Waals surface area contributed by atoms with Crippen LogP contribution in [0.4, 0.5) is 0 Å². The van der Waals surface area contributed by atoms with E-state index in [4.69, 9.17) is 32.8 Å². The van der Waals surface area contributed by atoms with E-state index in [2.05, 4.69) is 0 Å². The highest BCUT2D eigenvalue weighted by Gasteiger charge is 2.51. The summed E-state index contributed by atoms with van der Waals surface area (Å²) in [5.74, 6) is -1.87. The summed E-state index contributed by atoms with van der Waals surface area (Å²) in [5.41, 5.74) is -0.973. The van der Waals surface area contributed by atoms with Crippen molar-refractivity contribution in [2.45, 2.75) is 61.4 Å². The molecule has 2 aliphatic rings. The lowest BCUT2D eigenvalue weighted by Crippen LogP contribution is -2.65. The Balaban J connectivity index is 1.64. The van der Waals surface area contributed by atoms with Crippen LogP contribution in [0.5, 0.6) is 28.7 Å². The Morgan fingerprint density at radius 2 is 1.37 bits per heavy atom. The van der Waals surface area contributed by atoms with E-state index in [0.29, 0.717) is 0 Å². The van der Waals surface area contributed by atoms with Crippen molar-refractivity contribution in [3.8, 4) is 40.1 Å². The third-order valence-corrected chi connectivity index (χ3v) is 7.79. The zero-order chi connectivity index (χ0) is 33.4. The van der Waals surface area contributed by atoms with Gasteiger partial charge in [-0.2, -0.15) is 0 Å². The molecule has 3 aromatic rings. The van der Waals surface area contributed by atoms with Gasteiger partial charge in [0.25, 0.3) is 0 Å². The van der Waals surface area contributed by atoms with Gasteiger partial charge >= 0.3 is 0 Å². The Labute approximate surface area is 259 Å². The predicted octanol–water partition coefficient (Wildman–Crippen LogP) is -2.11. The van der Waals surface area contributed by atoms with Crippen LogP contribution in [-0.2, 0) is 14.2 Å². The molecule has 1 aromatic heterocycles. The van der Waals surface area contributed by atoms with E-state index < -0.39 is 96.9 Å². The summed E-state index contributed by atoms with van der Waals surface area (Å²) >= 11 is 0. The molecule has 9 N–H and O–H groups in total. The largest absolute Gasteiger partial charge is 0.508 e. The zero-order valence-electron chi connectivity index (χ0n) is 24.4. The van der Waals surface area contributed by atoms with Crippen LogP contribution in [-0.4, -0.2) is 135 Å². The summed E-state index contributed by atoms with van der Waals surface area (Å²) in [7, 11) is 2.53. The molecule has 0 saturated carbocycles. The average Bonchev–Trinajstić information content (AvgIpc) is 3.05. The molecule has 2 fully saturated rings. The third kappa shape index (κ3) is 5.93. The standard InChI is InChI=1S/C29H34O17/c1-40-13-7-12-16(19(35)25(13)41-2)20(36)26(24(42-12)10-3-5-11(32)6-4-10)45-29-27(22(38)18(34)15(9-31)44-29)46-28-23(39)21(37)17(33)14(8-30)43-28/h3-7,14-15,17-18,21-23,27-35,37-39H,8-9H2,1-2H3/t14-,15-,17+,18-,21+,22+,23-,27-,28+,29+/m1/s1. The number of aliphatic hydroxyl groups excluding tert-OH is 7. The molecule has 0 aliphatic carbocycles.